The highest BCUT2D eigenvalue weighted by atomic mass is 32.2. The number of ether oxygens (including phenoxy) is 2. The molecule has 2 aliphatic heterocycles. The summed E-state index contributed by atoms with van der Waals surface area (Å²) in [5.41, 5.74) is 3.04. The standard InChI is InChI=1S/C18H18N2O3S/c1-12-2-5-14(6-3-12)19-18(21)20-8-9-24-17(20)13-4-7-15-16(10-13)23-11-22-15/h2-7,10,17H,8-9,11H2,1H3,(H,19,21)/t17-/m1/s1. The van der Waals surface area contributed by atoms with Gasteiger partial charge in [0, 0.05) is 18.0 Å². The molecule has 124 valence electrons. The van der Waals surface area contributed by atoms with E-state index in [9.17, 15) is 4.79 Å². The number of amides is 2. The van der Waals surface area contributed by atoms with Crippen LogP contribution in [-0.4, -0.2) is 30.0 Å². The number of hydrogen-bond donors (Lipinski definition) is 1. The lowest BCUT2D eigenvalue weighted by Gasteiger charge is -2.24. The van der Waals surface area contributed by atoms with E-state index in [1.54, 1.807) is 11.8 Å². The smallest absolute Gasteiger partial charge is 0.323 e. The van der Waals surface area contributed by atoms with E-state index in [4.69, 9.17) is 9.47 Å². The Morgan fingerprint density at radius 3 is 2.79 bits per heavy atom. The molecule has 2 heterocycles. The van der Waals surface area contributed by atoms with Crippen LogP contribution in [-0.2, 0) is 0 Å². The Labute approximate surface area is 144 Å². The van der Waals surface area contributed by atoms with Crippen LogP contribution in [0.2, 0.25) is 0 Å². The van der Waals surface area contributed by atoms with E-state index in [-0.39, 0.29) is 18.2 Å². The summed E-state index contributed by atoms with van der Waals surface area (Å²) < 4.78 is 10.8. The van der Waals surface area contributed by atoms with Gasteiger partial charge in [-0.15, -0.1) is 11.8 Å². The number of hydrogen-bond acceptors (Lipinski definition) is 4. The zero-order valence-corrected chi connectivity index (χ0v) is 14.1. The van der Waals surface area contributed by atoms with E-state index in [0.29, 0.717) is 0 Å². The minimum atomic E-state index is -0.0773. The molecule has 4 rings (SSSR count). The quantitative estimate of drug-likeness (QED) is 0.896. The first kappa shape index (κ1) is 15.2. The van der Waals surface area contributed by atoms with Crippen LogP contribution in [0, 0.1) is 6.92 Å². The van der Waals surface area contributed by atoms with Gasteiger partial charge in [-0.1, -0.05) is 23.8 Å². The Balaban J connectivity index is 1.52. The van der Waals surface area contributed by atoms with Gasteiger partial charge in [-0.05, 0) is 36.8 Å². The summed E-state index contributed by atoms with van der Waals surface area (Å²) in [6.07, 6.45) is 0. The molecule has 0 saturated carbocycles. The molecule has 5 nitrogen and oxygen atoms in total. The molecule has 1 saturated heterocycles. The molecular weight excluding hydrogens is 324 g/mol. The number of fused-ring (bicyclic) bond motifs is 1. The third kappa shape index (κ3) is 2.89. The maximum absolute atomic E-state index is 12.7. The lowest BCUT2D eigenvalue weighted by atomic mass is 10.2. The molecule has 0 spiro atoms. The van der Waals surface area contributed by atoms with Crippen molar-refractivity contribution in [1.82, 2.24) is 4.90 Å². The molecule has 1 fully saturated rings. The summed E-state index contributed by atoms with van der Waals surface area (Å²) in [5, 5.41) is 2.97. The minimum Gasteiger partial charge on any atom is -0.454 e. The number of benzene rings is 2. The lowest BCUT2D eigenvalue weighted by Crippen LogP contribution is -2.34. The van der Waals surface area contributed by atoms with Gasteiger partial charge in [-0.25, -0.2) is 4.79 Å². The van der Waals surface area contributed by atoms with Gasteiger partial charge in [0.25, 0.3) is 0 Å². The van der Waals surface area contributed by atoms with Crippen LogP contribution in [0.15, 0.2) is 42.5 Å². The van der Waals surface area contributed by atoms with E-state index in [1.807, 2.05) is 54.3 Å². The van der Waals surface area contributed by atoms with Crippen LogP contribution in [0.25, 0.3) is 0 Å². The maximum atomic E-state index is 12.7. The van der Waals surface area contributed by atoms with Crippen LogP contribution >= 0.6 is 11.8 Å². The third-order valence-corrected chi connectivity index (χ3v) is 5.40. The van der Waals surface area contributed by atoms with E-state index >= 15 is 0 Å². The SMILES string of the molecule is Cc1ccc(NC(=O)N2CCS[C@@H]2c2ccc3c(c2)OCO3)cc1. The van der Waals surface area contributed by atoms with Crippen molar-refractivity contribution < 1.29 is 14.3 Å². The third-order valence-electron chi connectivity index (χ3n) is 4.14. The summed E-state index contributed by atoms with van der Waals surface area (Å²) in [7, 11) is 0. The average Bonchev–Trinajstić information content (AvgIpc) is 3.25. The van der Waals surface area contributed by atoms with Crippen molar-refractivity contribution in [3.8, 4) is 11.5 Å². The number of thioether (sulfide) groups is 1. The van der Waals surface area contributed by atoms with Crippen molar-refractivity contribution in [3.63, 3.8) is 0 Å². The summed E-state index contributed by atoms with van der Waals surface area (Å²) in [6, 6.07) is 13.6. The highest BCUT2D eigenvalue weighted by molar-refractivity contribution is 7.99. The minimum absolute atomic E-state index is 0.00931. The molecule has 0 unspecified atom stereocenters. The molecule has 0 radical (unpaired) electrons. The van der Waals surface area contributed by atoms with Crippen LogP contribution < -0.4 is 14.8 Å². The van der Waals surface area contributed by atoms with Gasteiger partial charge < -0.3 is 19.7 Å². The van der Waals surface area contributed by atoms with Crippen molar-refractivity contribution >= 4 is 23.5 Å². The Kier molecular flexibility index (Phi) is 3.98. The normalized spacial score (nSPS) is 18.7. The predicted molar refractivity (Wildman–Crippen MR) is 94.7 cm³/mol. The molecule has 1 N–H and O–H groups in total. The van der Waals surface area contributed by atoms with Crippen LogP contribution in [0.4, 0.5) is 10.5 Å². The second-order valence-electron chi connectivity index (χ2n) is 5.83. The van der Waals surface area contributed by atoms with Gasteiger partial charge in [0.05, 0.1) is 0 Å². The van der Waals surface area contributed by atoms with Crippen LogP contribution in [0.3, 0.4) is 0 Å². The molecular formula is C18H18N2O3S. The number of nitrogens with zero attached hydrogens (tertiary/aromatic N) is 1. The first-order valence-electron chi connectivity index (χ1n) is 7.86. The van der Waals surface area contributed by atoms with Gasteiger partial charge in [-0.2, -0.15) is 0 Å². The van der Waals surface area contributed by atoms with Crippen LogP contribution in [0.5, 0.6) is 11.5 Å². The Bertz CT molecular complexity index is 763. The van der Waals surface area contributed by atoms with Gasteiger partial charge in [-0.3, -0.25) is 0 Å². The van der Waals surface area contributed by atoms with Crippen molar-refractivity contribution in [2.75, 3.05) is 24.4 Å². The molecule has 0 aliphatic carbocycles. The number of urea groups is 1. The zero-order chi connectivity index (χ0) is 16.5. The van der Waals surface area contributed by atoms with E-state index in [1.165, 1.54) is 5.56 Å². The highest BCUT2D eigenvalue weighted by Gasteiger charge is 2.31. The number of anilines is 1. The fourth-order valence-corrected chi connectivity index (χ4v) is 4.10. The zero-order valence-electron chi connectivity index (χ0n) is 13.3. The fraction of sp³-hybridized carbons (Fsp3) is 0.278. The Morgan fingerprint density at radius 2 is 1.96 bits per heavy atom. The molecule has 2 aromatic rings. The van der Waals surface area contributed by atoms with E-state index < -0.39 is 0 Å². The van der Waals surface area contributed by atoms with Gasteiger partial charge in [0.2, 0.25) is 6.79 Å². The highest BCUT2D eigenvalue weighted by Crippen LogP contribution is 2.42. The van der Waals surface area contributed by atoms with E-state index in [0.717, 1.165) is 35.0 Å². The molecule has 2 aromatic carbocycles. The number of carbonyl (C=O) groups is 1. The molecule has 2 aliphatic rings. The number of nitrogens with one attached hydrogen (secondary N) is 1. The second kappa shape index (κ2) is 6.28. The second-order valence-corrected chi connectivity index (χ2v) is 7.01. The molecule has 0 bridgehead atoms. The van der Waals surface area contributed by atoms with E-state index in [2.05, 4.69) is 5.32 Å². The predicted octanol–water partition coefficient (Wildman–Crippen LogP) is 4.00. The number of rotatable bonds is 2. The summed E-state index contributed by atoms with van der Waals surface area (Å²) in [5.74, 6) is 2.43. The molecule has 24 heavy (non-hydrogen) atoms. The summed E-state index contributed by atoms with van der Waals surface area (Å²) in [6.45, 7) is 3.01. The Hall–Kier alpha value is -2.34. The molecule has 0 aromatic heterocycles. The van der Waals surface area contributed by atoms with Crippen molar-refractivity contribution in [3.05, 3.63) is 53.6 Å². The average molecular weight is 342 g/mol. The maximum Gasteiger partial charge on any atom is 0.323 e. The van der Waals surface area contributed by atoms with Crippen LogP contribution in [0.1, 0.15) is 16.5 Å². The van der Waals surface area contributed by atoms with Crippen molar-refractivity contribution in [1.29, 1.82) is 0 Å². The summed E-state index contributed by atoms with van der Waals surface area (Å²) in [4.78, 5) is 14.5. The van der Waals surface area contributed by atoms with Gasteiger partial charge in [0.1, 0.15) is 5.37 Å². The Morgan fingerprint density at radius 1 is 1.17 bits per heavy atom. The summed E-state index contributed by atoms with van der Waals surface area (Å²) >= 11 is 1.76. The van der Waals surface area contributed by atoms with Crippen molar-refractivity contribution in [2.24, 2.45) is 0 Å². The molecule has 2 amide bonds. The molecule has 6 heteroatoms. The first-order chi connectivity index (χ1) is 11.7. The number of aryl methyl sites for hydroxylation is 1. The first-order valence-corrected chi connectivity index (χ1v) is 8.91. The fourth-order valence-electron chi connectivity index (χ4n) is 2.85. The largest absolute Gasteiger partial charge is 0.454 e. The molecule has 1 atom stereocenters. The lowest BCUT2D eigenvalue weighted by molar-refractivity contribution is 0.174. The van der Waals surface area contributed by atoms with Crippen molar-refractivity contribution in [2.45, 2.75) is 12.3 Å². The topological polar surface area (TPSA) is 50.8 Å². The van der Waals surface area contributed by atoms with Gasteiger partial charge in [0.15, 0.2) is 11.5 Å². The monoisotopic (exact) mass is 342 g/mol. The van der Waals surface area contributed by atoms with Gasteiger partial charge >= 0.3 is 6.03 Å². The number of carbonyl (C=O) groups excluding carboxylic acids is 1.